The molecule has 0 aliphatic heterocycles. The number of allylic oxidation sites excluding steroid dienone is 1. The molecule has 0 amide bonds. The highest BCUT2D eigenvalue weighted by atomic mass is 19.4. The highest BCUT2D eigenvalue weighted by molar-refractivity contribution is 5.86. The lowest BCUT2D eigenvalue weighted by atomic mass is 9.78. The molecule has 146 valence electrons. The summed E-state index contributed by atoms with van der Waals surface area (Å²) in [6, 6.07) is 17.1. The molecule has 0 bridgehead atoms. The molecule has 4 nitrogen and oxygen atoms in total. The second-order valence-electron chi connectivity index (χ2n) is 6.37. The molecule has 2 aromatic rings. The Bertz CT molecular complexity index is 904. The fraction of sp³-hybridized carbons (Fsp3) is 0.190. The van der Waals surface area contributed by atoms with Gasteiger partial charge in [-0.1, -0.05) is 66.7 Å². The lowest BCUT2D eigenvalue weighted by molar-refractivity contribution is -0.254. The predicted octanol–water partition coefficient (Wildman–Crippen LogP) is 4.18. The topological polar surface area (TPSA) is 66.8 Å². The minimum absolute atomic E-state index is 0.0392. The van der Waals surface area contributed by atoms with Crippen molar-refractivity contribution in [2.75, 3.05) is 0 Å². The van der Waals surface area contributed by atoms with Crippen molar-refractivity contribution in [3.05, 3.63) is 89.7 Å². The van der Waals surface area contributed by atoms with Gasteiger partial charge in [0, 0.05) is 11.6 Å². The van der Waals surface area contributed by atoms with Crippen molar-refractivity contribution < 1.29 is 32.9 Å². The number of aliphatic hydroxyl groups is 1. The minimum atomic E-state index is -5.20. The molecule has 0 spiro atoms. The molecule has 0 saturated heterocycles. The van der Waals surface area contributed by atoms with E-state index in [0.29, 0.717) is 17.2 Å². The summed E-state index contributed by atoms with van der Waals surface area (Å²) in [7, 11) is 0. The Balaban J connectivity index is 2.06. The van der Waals surface area contributed by atoms with E-state index in [0.717, 1.165) is 6.08 Å². The number of carboxylic acid groups (broad SMARTS) is 1. The average Bonchev–Trinajstić information content (AvgIpc) is 2.66. The van der Waals surface area contributed by atoms with Crippen LogP contribution in [0, 0.1) is 5.92 Å². The molecule has 0 heterocycles. The van der Waals surface area contributed by atoms with Gasteiger partial charge in [-0.3, -0.25) is 4.79 Å². The van der Waals surface area contributed by atoms with Crippen LogP contribution in [-0.2, 0) is 16.1 Å². The zero-order valence-corrected chi connectivity index (χ0v) is 14.6. The van der Waals surface area contributed by atoms with Crippen LogP contribution >= 0.6 is 0 Å². The van der Waals surface area contributed by atoms with Crippen molar-refractivity contribution in [1.82, 2.24) is 0 Å². The minimum Gasteiger partial charge on any atom is -0.488 e. The maximum absolute atomic E-state index is 13.6. The summed E-state index contributed by atoms with van der Waals surface area (Å²) in [4.78, 5) is 11.5. The zero-order chi connectivity index (χ0) is 20.4. The van der Waals surface area contributed by atoms with E-state index in [1.807, 2.05) is 0 Å². The molecular formula is C21H17F3O4. The molecule has 2 atom stereocenters. The Labute approximate surface area is 159 Å². The monoisotopic (exact) mass is 390 g/mol. The highest BCUT2D eigenvalue weighted by Gasteiger charge is 2.61. The SMILES string of the molecule is O=C(O)C1C=C(c2ccccc2)C(OCc2ccccc2)=CC1(O)C(F)(F)F. The van der Waals surface area contributed by atoms with Crippen molar-refractivity contribution in [2.45, 2.75) is 18.4 Å². The van der Waals surface area contributed by atoms with Gasteiger partial charge in [0.2, 0.25) is 0 Å². The zero-order valence-electron chi connectivity index (χ0n) is 14.6. The van der Waals surface area contributed by atoms with Crippen molar-refractivity contribution in [3.8, 4) is 0 Å². The summed E-state index contributed by atoms with van der Waals surface area (Å²) in [6.45, 7) is -0.0392. The van der Waals surface area contributed by atoms with E-state index in [1.165, 1.54) is 0 Å². The Morgan fingerprint density at radius 3 is 2.14 bits per heavy atom. The van der Waals surface area contributed by atoms with Crippen LogP contribution in [0.3, 0.4) is 0 Å². The van der Waals surface area contributed by atoms with Crippen LogP contribution in [0.4, 0.5) is 13.2 Å². The first kappa shape index (κ1) is 19.7. The van der Waals surface area contributed by atoms with Gasteiger partial charge in [-0.2, -0.15) is 13.2 Å². The third-order valence-electron chi connectivity index (χ3n) is 4.47. The van der Waals surface area contributed by atoms with E-state index < -0.39 is 23.7 Å². The summed E-state index contributed by atoms with van der Waals surface area (Å²) >= 11 is 0. The van der Waals surface area contributed by atoms with Gasteiger partial charge in [-0.05, 0) is 11.1 Å². The number of rotatable bonds is 5. The summed E-state index contributed by atoms with van der Waals surface area (Å²) in [6.07, 6.45) is -3.85. The van der Waals surface area contributed by atoms with Crippen LogP contribution in [0.1, 0.15) is 11.1 Å². The summed E-state index contributed by atoms with van der Waals surface area (Å²) in [5.74, 6) is -4.22. The molecule has 7 heteroatoms. The quantitative estimate of drug-likeness (QED) is 0.804. The van der Waals surface area contributed by atoms with Gasteiger partial charge >= 0.3 is 12.1 Å². The maximum Gasteiger partial charge on any atom is 0.422 e. The number of alkyl halides is 3. The highest BCUT2D eigenvalue weighted by Crippen LogP contribution is 2.45. The maximum atomic E-state index is 13.6. The fourth-order valence-corrected chi connectivity index (χ4v) is 2.97. The normalized spacial score (nSPS) is 22.2. The van der Waals surface area contributed by atoms with Crippen LogP contribution in [0.25, 0.3) is 5.57 Å². The van der Waals surface area contributed by atoms with Gasteiger partial charge in [0.25, 0.3) is 0 Å². The van der Waals surface area contributed by atoms with Crippen LogP contribution < -0.4 is 0 Å². The van der Waals surface area contributed by atoms with Gasteiger partial charge < -0.3 is 14.9 Å². The summed E-state index contributed by atoms with van der Waals surface area (Å²) in [5, 5.41) is 19.6. The molecule has 0 aromatic heterocycles. The summed E-state index contributed by atoms with van der Waals surface area (Å²) in [5.41, 5.74) is -2.20. The Kier molecular flexibility index (Phi) is 5.29. The Hall–Kier alpha value is -3.06. The van der Waals surface area contributed by atoms with Gasteiger partial charge in [0.1, 0.15) is 18.3 Å². The predicted molar refractivity (Wildman–Crippen MR) is 95.9 cm³/mol. The van der Waals surface area contributed by atoms with Crippen molar-refractivity contribution in [1.29, 1.82) is 0 Å². The van der Waals surface area contributed by atoms with Gasteiger partial charge in [0.15, 0.2) is 5.60 Å². The standard InChI is InChI=1S/C21H17F3O4/c22-21(23,24)20(27)12-18(28-13-14-7-3-1-4-8-14)16(11-17(20)19(25)26)15-9-5-2-6-10-15/h1-12,17,27H,13H2,(H,25,26). The number of ether oxygens (including phenoxy) is 1. The van der Waals surface area contributed by atoms with E-state index in [9.17, 15) is 28.2 Å². The molecular weight excluding hydrogens is 373 g/mol. The third-order valence-corrected chi connectivity index (χ3v) is 4.47. The van der Waals surface area contributed by atoms with Crippen LogP contribution in [0.5, 0.6) is 0 Å². The van der Waals surface area contributed by atoms with Crippen molar-refractivity contribution in [3.63, 3.8) is 0 Å². The molecule has 0 saturated carbocycles. The van der Waals surface area contributed by atoms with Crippen LogP contribution in [0.2, 0.25) is 0 Å². The largest absolute Gasteiger partial charge is 0.488 e. The van der Waals surface area contributed by atoms with Crippen LogP contribution in [-0.4, -0.2) is 28.0 Å². The van der Waals surface area contributed by atoms with Gasteiger partial charge in [-0.25, -0.2) is 0 Å². The molecule has 0 radical (unpaired) electrons. The molecule has 3 rings (SSSR count). The Morgan fingerprint density at radius 2 is 1.61 bits per heavy atom. The number of carbonyl (C=O) groups is 1. The number of hydrogen-bond acceptors (Lipinski definition) is 3. The number of aliphatic carboxylic acids is 1. The van der Waals surface area contributed by atoms with E-state index in [4.69, 9.17) is 4.74 Å². The van der Waals surface area contributed by atoms with E-state index >= 15 is 0 Å². The first-order chi connectivity index (χ1) is 13.2. The number of benzene rings is 2. The second kappa shape index (κ2) is 7.52. The smallest absolute Gasteiger partial charge is 0.422 e. The first-order valence-corrected chi connectivity index (χ1v) is 8.41. The molecule has 2 aromatic carbocycles. The van der Waals surface area contributed by atoms with E-state index in [-0.39, 0.29) is 17.9 Å². The molecule has 28 heavy (non-hydrogen) atoms. The van der Waals surface area contributed by atoms with Crippen molar-refractivity contribution >= 4 is 11.5 Å². The average molecular weight is 390 g/mol. The molecule has 1 aliphatic rings. The second-order valence-corrected chi connectivity index (χ2v) is 6.37. The Morgan fingerprint density at radius 1 is 1.04 bits per heavy atom. The third kappa shape index (κ3) is 3.80. The lowest BCUT2D eigenvalue weighted by Gasteiger charge is -2.35. The first-order valence-electron chi connectivity index (χ1n) is 8.41. The lowest BCUT2D eigenvalue weighted by Crippen LogP contribution is -2.53. The fourth-order valence-electron chi connectivity index (χ4n) is 2.97. The molecule has 2 unspecified atom stereocenters. The van der Waals surface area contributed by atoms with E-state index in [1.54, 1.807) is 60.7 Å². The number of carboxylic acids is 1. The van der Waals surface area contributed by atoms with E-state index in [2.05, 4.69) is 0 Å². The summed E-state index contributed by atoms with van der Waals surface area (Å²) < 4.78 is 46.3. The van der Waals surface area contributed by atoms with Crippen LogP contribution in [0.15, 0.2) is 78.6 Å². The number of halogens is 3. The molecule has 2 N–H and O–H groups in total. The number of hydrogen-bond donors (Lipinski definition) is 2. The van der Waals surface area contributed by atoms with Crippen molar-refractivity contribution in [2.24, 2.45) is 5.92 Å². The molecule has 1 aliphatic carbocycles. The van der Waals surface area contributed by atoms with Gasteiger partial charge in [-0.15, -0.1) is 0 Å². The van der Waals surface area contributed by atoms with Gasteiger partial charge in [0.05, 0.1) is 0 Å². The molecule has 0 fully saturated rings.